The van der Waals surface area contributed by atoms with Gasteiger partial charge in [0.15, 0.2) is 0 Å². The molecule has 0 bridgehead atoms. The van der Waals surface area contributed by atoms with Crippen LogP contribution in [0.2, 0.25) is 0 Å². The quantitative estimate of drug-likeness (QED) is 0.787. The molecule has 2 aliphatic rings. The van der Waals surface area contributed by atoms with Crippen molar-refractivity contribution in [3.8, 4) is 0 Å². The first-order chi connectivity index (χ1) is 9.24. The van der Waals surface area contributed by atoms with Gasteiger partial charge in [-0.3, -0.25) is 4.79 Å². The lowest BCUT2D eigenvalue weighted by atomic mass is 9.93. The maximum absolute atomic E-state index is 11.9. The number of carbonyl (C=O) groups is 1. The molecule has 110 valence electrons. The van der Waals surface area contributed by atoms with Crippen molar-refractivity contribution in [2.24, 2.45) is 11.8 Å². The van der Waals surface area contributed by atoms with Crippen molar-refractivity contribution in [1.82, 2.24) is 15.5 Å². The Morgan fingerprint density at radius 3 is 2.74 bits per heavy atom. The van der Waals surface area contributed by atoms with E-state index in [1.54, 1.807) is 0 Å². The van der Waals surface area contributed by atoms with Crippen LogP contribution in [0.1, 0.15) is 38.5 Å². The second kappa shape index (κ2) is 7.85. The third-order valence-electron chi connectivity index (χ3n) is 4.59. The molecule has 1 unspecified atom stereocenters. The van der Waals surface area contributed by atoms with Gasteiger partial charge in [0, 0.05) is 13.0 Å². The first-order valence-corrected chi connectivity index (χ1v) is 7.90. The summed E-state index contributed by atoms with van der Waals surface area (Å²) in [4.78, 5) is 14.3. The predicted molar refractivity (Wildman–Crippen MR) is 78.1 cm³/mol. The lowest BCUT2D eigenvalue weighted by Crippen LogP contribution is -2.35. The molecule has 2 N–H and O–H groups in total. The summed E-state index contributed by atoms with van der Waals surface area (Å²) in [7, 11) is 2.19. The number of amides is 1. The molecule has 0 aromatic heterocycles. The third-order valence-corrected chi connectivity index (χ3v) is 4.59. The molecule has 0 aromatic rings. The van der Waals surface area contributed by atoms with Crippen molar-refractivity contribution in [1.29, 1.82) is 0 Å². The molecule has 0 aromatic carbocycles. The third kappa shape index (κ3) is 5.49. The SMILES string of the molecule is CN1CCC(CCNC(=O)CC2CCCNC2)CC1. The Labute approximate surface area is 117 Å². The van der Waals surface area contributed by atoms with Crippen molar-refractivity contribution in [2.45, 2.75) is 38.5 Å². The second-order valence-corrected chi connectivity index (χ2v) is 6.30. The van der Waals surface area contributed by atoms with Gasteiger partial charge < -0.3 is 15.5 Å². The molecule has 19 heavy (non-hydrogen) atoms. The number of hydrogen-bond donors (Lipinski definition) is 2. The summed E-state index contributed by atoms with van der Waals surface area (Å²) in [6.45, 7) is 5.43. The van der Waals surface area contributed by atoms with Gasteiger partial charge in [0.25, 0.3) is 0 Å². The summed E-state index contributed by atoms with van der Waals surface area (Å²) >= 11 is 0. The number of nitrogens with one attached hydrogen (secondary N) is 2. The fourth-order valence-electron chi connectivity index (χ4n) is 3.20. The van der Waals surface area contributed by atoms with Crippen LogP contribution in [-0.4, -0.2) is 50.6 Å². The van der Waals surface area contributed by atoms with Gasteiger partial charge in [-0.05, 0) is 77.2 Å². The highest BCUT2D eigenvalue weighted by Gasteiger charge is 2.18. The van der Waals surface area contributed by atoms with Crippen LogP contribution in [-0.2, 0) is 4.79 Å². The Bertz CT molecular complexity index is 269. The van der Waals surface area contributed by atoms with E-state index in [4.69, 9.17) is 0 Å². The molecule has 1 atom stereocenters. The highest BCUT2D eigenvalue weighted by molar-refractivity contribution is 5.76. The maximum Gasteiger partial charge on any atom is 0.220 e. The Hall–Kier alpha value is -0.610. The van der Waals surface area contributed by atoms with Crippen molar-refractivity contribution in [2.75, 3.05) is 39.8 Å². The zero-order valence-electron chi connectivity index (χ0n) is 12.3. The van der Waals surface area contributed by atoms with Crippen LogP contribution >= 0.6 is 0 Å². The van der Waals surface area contributed by atoms with E-state index in [1.165, 1.54) is 38.8 Å². The van der Waals surface area contributed by atoms with Gasteiger partial charge in [-0.1, -0.05) is 0 Å². The molecule has 0 saturated carbocycles. The summed E-state index contributed by atoms with van der Waals surface area (Å²) in [6.07, 6.45) is 6.86. The number of likely N-dealkylation sites (tertiary alicyclic amines) is 1. The van der Waals surface area contributed by atoms with Crippen molar-refractivity contribution in [3.63, 3.8) is 0 Å². The second-order valence-electron chi connectivity index (χ2n) is 6.30. The zero-order valence-corrected chi connectivity index (χ0v) is 12.3. The molecule has 4 heteroatoms. The van der Waals surface area contributed by atoms with Gasteiger partial charge in [0.2, 0.25) is 5.91 Å². The molecule has 2 fully saturated rings. The van der Waals surface area contributed by atoms with Crippen molar-refractivity contribution < 1.29 is 4.79 Å². The Morgan fingerprint density at radius 2 is 2.05 bits per heavy atom. The lowest BCUT2D eigenvalue weighted by Gasteiger charge is -2.29. The van der Waals surface area contributed by atoms with Gasteiger partial charge in [-0.2, -0.15) is 0 Å². The van der Waals surface area contributed by atoms with E-state index >= 15 is 0 Å². The van der Waals surface area contributed by atoms with Gasteiger partial charge in [0.1, 0.15) is 0 Å². The van der Waals surface area contributed by atoms with E-state index in [1.807, 2.05) is 0 Å². The zero-order chi connectivity index (χ0) is 13.5. The minimum atomic E-state index is 0.252. The van der Waals surface area contributed by atoms with Gasteiger partial charge in [0.05, 0.1) is 0 Å². The van der Waals surface area contributed by atoms with Crippen LogP contribution in [0.3, 0.4) is 0 Å². The number of rotatable bonds is 5. The molecule has 0 spiro atoms. The van der Waals surface area contributed by atoms with E-state index in [-0.39, 0.29) is 5.91 Å². The van der Waals surface area contributed by atoms with Gasteiger partial charge >= 0.3 is 0 Å². The topological polar surface area (TPSA) is 44.4 Å². The average Bonchev–Trinajstić information content (AvgIpc) is 2.42. The lowest BCUT2D eigenvalue weighted by molar-refractivity contribution is -0.122. The Morgan fingerprint density at radius 1 is 1.26 bits per heavy atom. The minimum Gasteiger partial charge on any atom is -0.356 e. The van der Waals surface area contributed by atoms with E-state index < -0.39 is 0 Å². The largest absolute Gasteiger partial charge is 0.356 e. The van der Waals surface area contributed by atoms with Crippen molar-refractivity contribution >= 4 is 5.91 Å². The first-order valence-electron chi connectivity index (χ1n) is 7.90. The molecule has 1 amide bonds. The molecule has 2 aliphatic heterocycles. The van der Waals surface area contributed by atoms with Crippen LogP contribution in [0.4, 0.5) is 0 Å². The molecular formula is C15H29N3O. The Kier molecular flexibility index (Phi) is 6.11. The van der Waals surface area contributed by atoms with Crippen LogP contribution in [0.5, 0.6) is 0 Å². The van der Waals surface area contributed by atoms with Crippen LogP contribution in [0.25, 0.3) is 0 Å². The average molecular weight is 267 g/mol. The molecule has 2 heterocycles. The fraction of sp³-hybridized carbons (Fsp3) is 0.933. The van der Waals surface area contributed by atoms with Crippen LogP contribution in [0.15, 0.2) is 0 Å². The summed E-state index contributed by atoms with van der Waals surface area (Å²) in [6, 6.07) is 0. The standard InChI is InChI=1S/C15H29N3O/c1-18-9-5-13(6-10-18)4-8-17-15(19)11-14-3-2-7-16-12-14/h13-14,16H,2-12H2,1H3,(H,17,19). The summed E-state index contributed by atoms with van der Waals surface area (Å²) in [5, 5.41) is 6.48. The van der Waals surface area contributed by atoms with Crippen LogP contribution < -0.4 is 10.6 Å². The van der Waals surface area contributed by atoms with E-state index in [2.05, 4.69) is 22.6 Å². The predicted octanol–water partition coefficient (Wildman–Crippen LogP) is 1.22. The molecule has 0 radical (unpaired) electrons. The Balaban J connectivity index is 1.53. The molecule has 2 saturated heterocycles. The highest BCUT2D eigenvalue weighted by atomic mass is 16.1. The maximum atomic E-state index is 11.9. The molecule has 2 rings (SSSR count). The van der Waals surface area contributed by atoms with Crippen molar-refractivity contribution in [3.05, 3.63) is 0 Å². The first kappa shape index (κ1) is 14.8. The highest BCUT2D eigenvalue weighted by Crippen LogP contribution is 2.19. The monoisotopic (exact) mass is 267 g/mol. The summed E-state index contributed by atoms with van der Waals surface area (Å²) in [5.41, 5.74) is 0. The molecule has 0 aliphatic carbocycles. The number of nitrogens with zero attached hydrogens (tertiary/aromatic N) is 1. The molecular weight excluding hydrogens is 238 g/mol. The van der Waals surface area contributed by atoms with E-state index in [0.717, 1.165) is 32.0 Å². The fourth-order valence-corrected chi connectivity index (χ4v) is 3.20. The smallest absolute Gasteiger partial charge is 0.220 e. The number of hydrogen-bond acceptors (Lipinski definition) is 3. The molecule has 4 nitrogen and oxygen atoms in total. The number of piperidine rings is 2. The van der Waals surface area contributed by atoms with E-state index in [0.29, 0.717) is 12.3 Å². The number of carbonyl (C=O) groups excluding carboxylic acids is 1. The van der Waals surface area contributed by atoms with Crippen LogP contribution in [0, 0.1) is 11.8 Å². The minimum absolute atomic E-state index is 0.252. The van der Waals surface area contributed by atoms with Gasteiger partial charge in [-0.25, -0.2) is 0 Å². The van der Waals surface area contributed by atoms with E-state index in [9.17, 15) is 4.79 Å². The normalized spacial score (nSPS) is 26.3. The summed E-state index contributed by atoms with van der Waals surface area (Å²) < 4.78 is 0. The van der Waals surface area contributed by atoms with Gasteiger partial charge in [-0.15, -0.1) is 0 Å². The summed E-state index contributed by atoms with van der Waals surface area (Å²) in [5.74, 6) is 1.62.